The van der Waals surface area contributed by atoms with Crippen molar-refractivity contribution in [3.63, 3.8) is 0 Å². The average molecular weight is 259 g/mol. The van der Waals surface area contributed by atoms with Crippen LogP contribution in [0.25, 0.3) is 0 Å². The fourth-order valence-corrected chi connectivity index (χ4v) is 2.71. The Balaban J connectivity index is 2.06. The topological polar surface area (TPSA) is 33.2 Å². The summed E-state index contributed by atoms with van der Waals surface area (Å²) in [6, 6.07) is 0. The summed E-state index contributed by atoms with van der Waals surface area (Å²) in [4.78, 5) is 18.1. The van der Waals surface area contributed by atoms with Crippen LogP contribution in [-0.4, -0.2) is 34.3 Å². The SMILES string of the molecule is Cc1nc(C(=O)N2CCC(C)C(Cl)C2)cs1. The lowest BCUT2D eigenvalue weighted by Crippen LogP contribution is -2.43. The molecular weight excluding hydrogens is 244 g/mol. The quantitative estimate of drug-likeness (QED) is 0.726. The first-order valence-electron chi connectivity index (χ1n) is 5.43. The van der Waals surface area contributed by atoms with E-state index in [4.69, 9.17) is 11.6 Å². The highest BCUT2D eigenvalue weighted by atomic mass is 35.5. The van der Waals surface area contributed by atoms with Crippen molar-refractivity contribution in [3.8, 4) is 0 Å². The monoisotopic (exact) mass is 258 g/mol. The highest BCUT2D eigenvalue weighted by molar-refractivity contribution is 7.09. The van der Waals surface area contributed by atoms with Crippen LogP contribution in [0.15, 0.2) is 5.38 Å². The fraction of sp³-hybridized carbons (Fsp3) is 0.636. The second kappa shape index (κ2) is 4.72. The molecule has 0 saturated carbocycles. The van der Waals surface area contributed by atoms with Crippen molar-refractivity contribution in [2.75, 3.05) is 13.1 Å². The number of amides is 1. The maximum atomic E-state index is 12.1. The van der Waals surface area contributed by atoms with Gasteiger partial charge in [-0.3, -0.25) is 4.79 Å². The van der Waals surface area contributed by atoms with Crippen LogP contribution in [0.4, 0.5) is 0 Å². The average Bonchev–Trinajstić information content (AvgIpc) is 2.68. The summed E-state index contributed by atoms with van der Waals surface area (Å²) in [5.41, 5.74) is 0.556. The van der Waals surface area contributed by atoms with Gasteiger partial charge in [-0.15, -0.1) is 22.9 Å². The van der Waals surface area contributed by atoms with Crippen LogP contribution in [0.1, 0.15) is 28.8 Å². The van der Waals surface area contributed by atoms with Crippen LogP contribution < -0.4 is 0 Å². The third kappa shape index (κ3) is 2.38. The Morgan fingerprint density at radius 2 is 2.44 bits per heavy atom. The van der Waals surface area contributed by atoms with E-state index < -0.39 is 0 Å². The van der Waals surface area contributed by atoms with E-state index in [-0.39, 0.29) is 11.3 Å². The molecule has 88 valence electrons. The van der Waals surface area contributed by atoms with Gasteiger partial charge in [0.1, 0.15) is 5.69 Å². The number of carbonyl (C=O) groups excluding carboxylic acids is 1. The van der Waals surface area contributed by atoms with E-state index in [1.54, 1.807) is 0 Å². The number of likely N-dealkylation sites (tertiary alicyclic amines) is 1. The van der Waals surface area contributed by atoms with Crippen LogP contribution in [0.3, 0.4) is 0 Å². The summed E-state index contributed by atoms with van der Waals surface area (Å²) in [6.07, 6.45) is 0.975. The first kappa shape index (κ1) is 11.9. The first-order chi connectivity index (χ1) is 7.58. The molecule has 2 rings (SSSR count). The number of thiazole rings is 1. The van der Waals surface area contributed by atoms with E-state index in [1.165, 1.54) is 11.3 Å². The molecule has 1 saturated heterocycles. The van der Waals surface area contributed by atoms with E-state index in [0.29, 0.717) is 18.2 Å². The van der Waals surface area contributed by atoms with Gasteiger partial charge in [0.15, 0.2) is 0 Å². The minimum Gasteiger partial charge on any atom is -0.336 e. The summed E-state index contributed by atoms with van der Waals surface area (Å²) >= 11 is 7.69. The molecule has 0 N–H and O–H groups in total. The zero-order chi connectivity index (χ0) is 11.7. The minimum atomic E-state index is 0.0156. The predicted molar refractivity (Wildman–Crippen MR) is 66.2 cm³/mol. The van der Waals surface area contributed by atoms with Crippen molar-refractivity contribution in [2.24, 2.45) is 5.92 Å². The van der Waals surface area contributed by atoms with Gasteiger partial charge >= 0.3 is 0 Å². The molecule has 1 fully saturated rings. The second-order valence-corrected chi connectivity index (χ2v) is 5.91. The highest BCUT2D eigenvalue weighted by Crippen LogP contribution is 2.23. The molecular formula is C11H15ClN2OS. The Bertz CT molecular complexity index is 393. The Kier molecular flexibility index (Phi) is 3.50. The largest absolute Gasteiger partial charge is 0.336 e. The molecule has 16 heavy (non-hydrogen) atoms. The standard InChI is InChI=1S/C11H15ClN2OS/c1-7-3-4-14(5-9(7)12)11(15)10-6-16-8(2)13-10/h6-7,9H,3-5H2,1-2H3. The van der Waals surface area contributed by atoms with E-state index in [2.05, 4.69) is 11.9 Å². The molecule has 1 amide bonds. The van der Waals surface area contributed by atoms with Crippen molar-refractivity contribution in [2.45, 2.75) is 25.6 Å². The van der Waals surface area contributed by atoms with E-state index >= 15 is 0 Å². The van der Waals surface area contributed by atoms with Gasteiger partial charge in [-0.1, -0.05) is 6.92 Å². The Labute approximate surface area is 104 Å². The minimum absolute atomic E-state index is 0.0156. The number of aromatic nitrogens is 1. The lowest BCUT2D eigenvalue weighted by atomic mass is 9.98. The number of nitrogens with zero attached hydrogens (tertiary/aromatic N) is 2. The van der Waals surface area contributed by atoms with Crippen LogP contribution in [0.5, 0.6) is 0 Å². The van der Waals surface area contributed by atoms with Crippen molar-refractivity contribution in [3.05, 3.63) is 16.1 Å². The number of alkyl halides is 1. The van der Waals surface area contributed by atoms with E-state index in [9.17, 15) is 4.79 Å². The van der Waals surface area contributed by atoms with Gasteiger partial charge in [-0.2, -0.15) is 0 Å². The van der Waals surface area contributed by atoms with Crippen molar-refractivity contribution in [1.29, 1.82) is 0 Å². The Morgan fingerprint density at radius 3 is 3.00 bits per heavy atom. The summed E-state index contributed by atoms with van der Waals surface area (Å²) < 4.78 is 0. The number of hydrogen-bond acceptors (Lipinski definition) is 3. The second-order valence-electron chi connectivity index (χ2n) is 4.28. The van der Waals surface area contributed by atoms with E-state index in [0.717, 1.165) is 18.0 Å². The molecule has 1 aromatic heterocycles. The van der Waals surface area contributed by atoms with Crippen LogP contribution in [0, 0.1) is 12.8 Å². The number of aryl methyl sites for hydroxylation is 1. The number of carbonyl (C=O) groups is 1. The molecule has 3 nitrogen and oxygen atoms in total. The molecule has 0 bridgehead atoms. The molecule has 2 atom stereocenters. The number of halogens is 1. The molecule has 1 aromatic rings. The molecule has 2 unspecified atom stereocenters. The smallest absolute Gasteiger partial charge is 0.273 e. The lowest BCUT2D eigenvalue weighted by Gasteiger charge is -2.33. The summed E-state index contributed by atoms with van der Waals surface area (Å²) in [5, 5.41) is 2.81. The van der Waals surface area contributed by atoms with Gasteiger partial charge in [0.25, 0.3) is 5.91 Å². The van der Waals surface area contributed by atoms with Gasteiger partial charge in [0.2, 0.25) is 0 Å². The van der Waals surface area contributed by atoms with Crippen LogP contribution in [0.2, 0.25) is 0 Å². The maximum Gasteiger partial charge on any atom is 0.273 e. The summed E-state index contributed by atoms with van der Waals surface area (Å²) in [5.74, 6) is 0.504. The van der Waals surface area contributed by atoms with E-state index in [1.807, 2.05) is 17.2 Å². The lowest BCUT2D eigenvalue weighted by molar-refractivity contribution is 0.0696. The highest BCUT2D eigenvalue weighted by Gasteiger charge is 2.28. The number of rotatable bonds is 1. The van der Waals surface area contributed by atoms with Gasteiger partial charge in [-0.05, 0) is 19.3 Å². The van der Waals surface area contributed by atoms with Crippen LogP contribution >= 0.6 is 22.9 Å². The molecule has 1 aliphatic heterocycles. The Morgan fingerprint density at radius 1 is 1.69 bits per heavy atom. The van der Waals surface area contributed by atoms with Crippen molar-refractivity contribution in [1.82, 2.24) is 9.88 Å². The molecule has 0 spiro atoms. The molecule has 0 aromatic carbocycles. The van der Waals surface area contributed by atoms with Gasteiger partial charge in [0.05, 0.1) is 10.4 Å². The fourth-order valence-electron chi connectivity index (χ4n) is 1.83. The Hall–Kier alpha value is -0.610. The third-order valence-electron chi connectivity index (χ3n) is 2.99. The van der Waals surface area contributed by atoms with Crippen molar-refractivity contribution >= 4 is 28.8 Å². The predicted octanol–water partition coefficient (Wildman–Crippen LogP) is 2.54. The summed E-state index contributed by atoms with van der Waals surface area (Å²) in [7, 11) is 0. The molecule has 5 heteroatoms. The molecule has 1 aliphatic rings. The summed E-state index contributed by atoms with van der Waals surface area (Å²) in [6.45, 7) is 5.47. The van der Waals surface area contributed by atoms with Gasteiger partial charge < -0.3 is 4.90 Å². The third-order valence-corrected chi connectivity index (χ3v) is 4.33. The van der Waals surface area contributed by atoms with Crippen molar-refractivity contribution < 1.29 is 4.79 Å². The van der Waals surface area contributed by atoms with Gasteiger partial charge in [-0.25, -0.2) is 4.98 Å². The zero-order valence-electron chi connectivity index (χ0n) is 9.44. The number of piperidine rings is 1. The first-order valence-corrected chi connectivity index (χ1v) is 6.75. The molecule has 2 heterocycles. The number of hydrogen-bond donors (Lipinski definition) is 0. The van der Waals surface area contributed by atoms with Crippen LogP contribution in [-0.2, 0) is 0 Å². The van der Waals surface area contributed by atoms with Gasteiger partial charge in [0, 0.05) is 18.5 Å². The zero-order valence-corrected chi connectivity index (χ0v) is 11.0. The molecule has 0 aliphatic carbocycles. The maximum absolute atomic E-state index is 12.1. The normalized spacial score (nSPS) is 25.8. The molecule has 0 radical (unpaired) electrons.